The van der Waals surface area contributed by atoms with Gasteiger partial charge in [0.15, 0.2) is 0 Å². The van der Waals surface area contributed by atoms with Crippen LogP contribution in [0.2, 0.25) is 0 Å². The molecule has 3 aliphatic rings. The van der Waals surface area contributed by atoms with Gasteiger partial charge in [0, 0.05) is 31.3 Å². The van der Waals surface area contributed by atoms with Crippen LogP contribution in [0.3, 0.4) is 0 Å². The first-order chi connectivity index (χ1) is 10.6. The van der Waals surface area contributed by atoms with Crippen LogP contribution in [0.1, 0.15) is 24.8 Å². The predicted molar refractivity (Wildman–Crippen MR) is 91.4 cm³/mol. The lowest BCUT2D eigenvalue weighted by Crippen LogP contribution is -3.00. The van der Waals surface area contributed by atoms with Crippen LogP contribution in [0.4, 0.5) is 0 Å². The van der Waals surface area contributed by atoms with Crippen molar-refractivity contribution in [3.63, 3.8) is 0 Å². The van der Waals surface area contributed by atoms with Gasteiger partial charge >= 0.3 is 0 Å². The van der Waals surface area contributed by atoms with E-state index in [0.717, 1.165) is 18.5 Å². The molecule has 0 N–H and O–H groups in total. The van der Waals surface area contributed by atoms with Gasteiger partial charge in [-0.3, -0.25) is 4.90 Å². The fourth-order valence-electron chi connectivity index (χ4n) is 5.51. The quantitative estimate of drug-likeness (QED) is 0.375. The van der Waals surface area contributed by atoms with Crippen molar-refractivity contribution in [2.45, 2.75) is 31.8 Å². The molecule has 1 spiro atoms. The largest absolute Gasteiger partial charge is 1.00 e. The Morgan fingerprint density at radius 1 is 1.22 bits per heavy atom. The number of benzene rings is 1. The maximum atomic E-state index is 2.73. The number of rotatable bonds is 2. The maximum absolute atomic E-state index is 2.73. The van der Waals surface area contributed by atoms with Crippen LogP contribution >= 0.6 is 0 Å². The maximum Gasteiger partial charge on any atom is 0.0998 e. The van der Waals surface area contributed by atoms with E-state index < -0.39 is 0 Å². The summed E-state index contributed by atoms with van der Waals surface area (Å²) in [5.41, 5.74) is 2.00. The van der Waals surface area contributed by atoms with Crippen molar-refractivity contribution in [3.8, 4) is 0 Å². The molecule has 0 amide bonds. The summed E-state index contributed by atoms with van der Waals surface area (Å²) in [5, 5.41) is 0. The normalized spacial score (nSPS) is 35.2. The summed E-state index contributed by atoms with van der Waals surface area (Å²) < 4.78 is 1.22. The summed E-state index contributed by atoms with van der Waals surface area (Å²) in [4.78, 5) is 2.73. The summed E-state index contributed by atoms with van der Waals surface area (Å²) in [5.74, 6) is 0.818. The molecule has 3 atom stereocenters. The standard InChI is InChI=1S/C20H29N2.HI/c1-22(2)14-12-20-16-21(15-17-7-4-3-5-8-17)13-11-18(20)9-6-10-19(20)22;/h3-9,18-19H,10-16H2,1-2H3;1H/q+1;/p-1/t18-,19-,20-;/m0./s1. The molecule has 3 heteroatoms. The van der Waals surface area contributed by atoms with Crippen LogP contribution in [0.5, 0.6) is 0 Å². The number of quaternary nitrogens is 1. The van der Waals surface area contributed by atoms with Gasteiger partial charge in [-0.05, 0) is 24.4 Å². The minimum atomic E-state index is 0. The third-order valence-corrected chi connectivity index (χ3v) is 6.65. The molecule has 0 aromatic heterocycles. The van der Waals surface area contributed by atoms with Crippen LogP contribution in [-0.2, 0) is 6.54 Å². The van der Waals surface area contributed by atoms with E-state index in [4.69, 9.17) is 0 Å². The Labute approximate surface area is 158 Å². The summed E-state index contributed by atoms with van der Waals surface area (Å²) in [6.45, 7) is 5.02. The number of hydrogen-bond donors (Lipinski definition) is 0. The van der Waals surface area contributed by atoms with E-state index in [0.29, 0.717) is 5.41 Å². The number of piperidine rings is 1. The Bertz CT molecular complexity index is 568. The lowest BCUT2D eigenvalue weighted by molar-refractivity contribution is -0.906. The second kappa shape index (κ2) is 6.49. The van der Waals surface area contributed by atoms with Gasteiger partial charge in [0.2, 0.25) is 0 Å². The Morgan fingerprint density at radius 3 is 2.78 bits per heavy atom. The average Bonchev–Trinajstić information content (AvgIpc) is 2.79. The first kappa shape index (κ1) is 17.4. The van der Waals surface area contributed by atoms with E-state index in [9.17, 15) is 0 Å². The second-order valence-corrected chi connectivity index (χ2v) is 8.26. The van der Waals surface area contributed by atoms with Gasteiger partial charge in [-0.1, -0.05) is 42.5 Å². The third kappa shape index (κ3) is 3.00. The van der Waals surface area contributed by atoms with Crippen molar-refractivity contribution in [1.82, 2.24) is 4.90 Å². The van der Waals surface area contributed by atoms with Crippen LogP contribution in [0.25, 0.3) is 0 Å². The van der Waals surface area contributed by atoms with Gasteiger partial charge in [-0.2, -0.15) is 0 Å². The number of allylic oxidation sites excluding steroid dienone is 1. The molecule has 0 bridgehead atoms. The summed E-state index contributed by atoms with van der Waals surface area (Å²) in [6.07, 6.45) is 9.07. The lowest BCUT2D eigenvalue weighted by Gasteiger charge is -2.51. The molecule has 1 aromatic carbocycles. The molecule has 0 radical (unpaired) electrons. The van der Waals surface area contributed by atoms with Gasteiger partial charge in [-0.15, -0.1) is 0 Å². The molecule has 1 aliphatic carbocycles. The summed E-state index contributed by atoms with van der Waals surface area (Å²) in [6, 6.07) is 11.8. The highest BCUT2D eigenvalue weighted by Crippen LogP contribution is 2.53. The minimum Gasteiger partial charge on any atom is -1.00 e. The van der Waals surface area contributed by atoms with Crippen molar-refractivity contribution < 1.29 is 28.5 Å². The zero-order valence-electron chi connectivity index (χ0n) is 14.4. The smallest absolute Gasteiger partial charge is 0.0998 e. The van der Waals surface area contributed by atoms with Crippen molar-refractivity contribution >= 4 is 0 Å². The van der Waals surface area contributed by atoms with Crippen molar-refractivity contribution in [1.29, 1.82) is 0 Å². The summed E-state index contributed by atoms with van der Waals surface area (Å²) in [7, 11) is 4.90. The highest BCUT2D eigenvalue weighted by atomic mass is 127. The minimum absolute atomic E-state index is 0. The first-order valence-corrected chi connectivity index (χ1v) is 8.86. The Morgan fingerprint density at radius 2 is 2.00 bits per heavy atom. The molecule has 0 unspecified atom stereocenters. The van der Waals surface area contributed by atoms with E-state index in [-0.39, 0.29) is 24.0 Å². The SMILES string of the molecule is C[N+]1(C)CC[C@]23CN(Cc4ccccc4)CC[C@@H]2C=CC[C@@H]31.[I-]. The van der Waals surface area contributed by atoms with Gasteiger partial charge in [-0.25, -0.2) is 0 Å². The number of hydrogen-bond acceptors (Lipinski definition) is 1. The fourth-order valence-corrected chi connectivity index (χ4v) is 5.51. The third-order valence-electron chi connectivity index (χ3n) is 6.65. The van der Waals surface area contributed by atoms with E-state index in [1.807, 2.05) is 0 Å². The van der Waals surface area contributed by atoms with Crippen LogP contribution < -0.4 is 24.0 Å². The molecule has 2 nitrogen and oxygen atoms in total. The molecule has 4 rings (SSSR count). The molecule has 23 heavy (non-hydrogen) atoms. The molecule has 0 saturated carbocycles. The Balaban J connectivity index is 0.00000156. The van der Waals surface area contributed by atoms with Crippen molar-refractivity contribution in [3.05, 3.63) is 48.0 Å². The molecular weight excluding hydrogens is 395 g/mol. The predicted octanol–water partition coefficient (Wildman–Crippen LogP) is 0.308. The van der Waals surface area contributed by atoms with Crippen LogP contribution in [0, 0.1) is 11.3 Å². The van der Waals surface area contributed by atoms with E-state index in [1.165, 1.54) is 48.9 Å². The molecule has 126 valence electrons. The molecule has 2 fully saturated rings. The average molecular weight is 424 g/mol. The van der Waals surface area contributed by atoms with Crippen LogP contribution in [0.15, 0.2) is 42.5 Å². The number of halogens is 1. The van der Waals surface area contributed by atoms with Crippen LogP contribution in [-0.4, -0.2) is 49.2 Å². The molecular formula is C20H29IN2. The van der Waals surface area contributed by atoms with Gasteiger partial charge in [0.25, 0.3) is 0 Å². The monoisotopic (exact) mass is 424 g/mol. The fraction of sp³-hybridized carbons (Fsp3) is 0.600. The van der Waals surface area contributed by atoms with Gasteiger partial charge in [0.1, 0.15) is 0 Å². The lowest BCUT2D eigenvalue weighted by atomic mass is 9.62. The number of nitrogens with zero attached hydrogens (tertiary/aromatic N) is 2. The zero-order valence-corrected chi connectivity index (χ0v) is 16.6. The Hall–Kier alpha value is -0.390. The van der Waals surface area contributed by atoms with E-state index in [2.05, 4.69) is 61.5 Å². The zero-order chi connectivity index (χ0) is 15.2. The van der Waals surface area contributed by atoms with Gasteiger partial charge < -0.3 is 28.5 Å². The molecule has 2 saturated heterocycles. The highest BCUT2D eigenvalue weighted by Gasteiger charge is 2.59. The summed E-state index contributed by atoms with van der Waals surface area (Å²) >= 11 is 0. The number of likely N-dealkylation sites (tertiary alicyclic amines) is 2. The molecule has 1 aromatic rings. The topological polar surface area (TPSA) is 3.24 Å². The highest BCUT2D eigenvalue weighted by molar-refractivity contribution is 5.17. The van der Waals surface area contributed by atoms with Crippen molar-refractivity contribution in [2.75, 3.05) is 33.7 Å². The second-order valence-electron chi connectivity index (χ2n) is 8.26. The Kier molecular flexibility index (Phi) is 4.92. The van der Waals surface area contributed by atoms with E-state index in [1.54, 1.807) is 0 Å². The van der Waals surface area contributed by atoms with E-state index >= 15 is 0 Å². The molecule has 2 heterocycles. The molecule has 2 aliphatic heterocycles. The van der Waals surface area contributed by atoms with Crippen molar-refractivity contribution in [2.24, 2.45) is 11.3 Å². The van der Waals surface area contributed by atoms with Gasteiger partial charge in [0.05, 0.1) is 26.7 Å². The first-order valence-electron chi connectivity index (χ1n) is 8.86.